The first-order valence-corrected chi connectivity index (χ1v) is 5.95. The summed E-state index contributed by atoms with van der Waals surface area (Å²) in [4.78, 5) is 0. The van der Waals surface area contributed by atoms with Crippen LogP contribution in [0, 0.1) is 19.8 Å². The zero-order valence-electron chi connectivity index (χ0n) is 9.74. The van der Waals surface area contributed by atoms with Crippen LogP contribution in [-0.4, -0.2) is 16.3 Å². The molecule has 0 aromatic carbocycles. The van der Waals surface area contributed by atoms with Gasteiger partial charge in [-0.15, -0.1) is 0 Å². The second-order valence-corrected chi connectivity index (χ2v) is 4.72. The molecule has 3 heteroatoms. The van der Waals surface area contributed by atoms with Crippen LogP contribution >= 0.6 is 0 Å². The molecule has 1 aromatic heterocycles. The maximum absolute atomic E-state index is 5.85. The van der Waals surface area contributed by atoms with Crippen molar-refractivity contribution in [2.75, 3.05) is 6.54 Å². The van der Waals surface area contributed by atoms with Gasteiger partial charge in [0.05, 0.1) is 11.7 Å². The van der Waals surface area contributed by atoms with E-state index in [2.05, 4.69) is 29.7 Å². The molecule has 3 nitrogen and oxygen atoms in total. The van der Waals surface area contributed by atoms with Crippen LogP contribution in [0.2, 0.25) is 0 Å². The van der Waals surface area contributed by atoms with Crippen molar-refractivity contribution < 1.29 is 0 Å². The van der Waals surface area contributed by atoms with E-state index in [1.165, 1.54) is 31.4 Å². The molecule has 15 heavy (non-hydrogen) atoms. The minimum absolute atomic E-state index is 0.539. The average molecular weight is 207 g/mol. The minimum Gasteiger partial charge on any atom is -0.330 e. The number of hydrogen-bond donors (Lipinski definition) is 1. The molecule has 1 aliphatic carbocycles. The normalized spacial score (nSPS) is 26.9. The van der Waals surface area contributed by atoms with Crippen LogP contribution in [0.4, 0.5) is 0 Å². The molecule has 2 rings (SSSR count). The van der Waals surface area contributed by atoms with Crippen LogP contribution in [-0.2, 0) is 0 Å². The molecule has 0 saturated heterocycles. The van der Waals surface area contributed by atoms with Crippen LogP contribution in [0.15, 0.2) is 6.07 Å². The molecule has 1 aromatic rings. The third-order valence-electron chi connectivity index (χ3n) is 3.53. The topological polar surface area (TPSA) is 43.8 Å². The molecule has 2 N–H and O–H groups in total. The van der Waals surface area contributed by atoms with Crippen molar-refractivity contribution in [2.24, 2.45) is 11.7 Å². The first-order valence-electron chi connectivity index (χ1n) is 5.95. The lowest BCUT2D eigenvalue weighted by molar-refractivity contribution is 0.225. The number of aryl methyl sites for hydroxylation is 2. The lowest BCUT2D eigenvalue weighted by Gasteiger charge is -2.31. The van der Waals surface area contributed by atoms with E-state index in [1.807, 2.05) is 0 Å². The first-order chi connectivity index (χ1) is 7.22. The summed E-state index contributed by atoms with van der Waals surface area (Å²) >= 11 is 0. The van der Waals surface area contributed by atoms with Crippen molar-refractivity contribution in [2.45, 2.75) is 45.6 Å². The van der Waals surface area contributed by atoms with Gasteiger partial charge >= 0.3 is 0 Å². The van der Waals surface area contributed by atoms with E-state index in [0.717, 1.165) is 12.2 Å². The second kappa shape index (κ2) is 4.35. The lowest BCUT2D eigenvalue weighted by Crippen LogP contribution is -2.30. The van der Waals surface area contributed by atoms with Crippen molar-refractivity contribution in [3.8, 4) is 0 Å². The van der Waals surface area contributed by atoms with E-state index in [9.17, 15) is 0 Å². The quantitative estimate of drug-likeness (QED) is 0.808. The Morgan fingerprint density at radius 2 is 2.13 bits per heavy atom. The maximum Gasteiger partial charge on any atom is 0.0596 e. The molecular weight excluding hydrogens is 186 g/mol. The predicted octanol–water partition coefficient (Wildman–Crippen LogP) is 2.19. The van der Waals surface area contributed by atoms with E-state index in [-0.39, 0.29) is 0 Å². The van der Waals surface area contributed by atoms with Gasteiger partial charge in [0.1, 0.15) is 0 Å². The van der Waals surface area contributed by atoms with Gasteiger partial charge in [-0.25, -0.2) is 0 Å². The number of hydrogen-bond acceptors (Lipinski definition) is 2. The van der Waals surface area contributed by atoms with Crippen molar-refractivity contribution in [1.29, 1.82) is 0 Å². The third-order valence-corrected chi connectivity index (χ3v) is 3.53. The summed E-state index contributed by atoms with van der Waals surface area (Å²) in [5.74, 6) is 0.622. The Kier molecular flexibility index (Phi) is 3.10. The average Bonchev–Trinajstić information content (AvgIpc) is 2.57. The molecular formula is C12H21N3. The van der Waals surface area contributed by atoms with E-state index < -0.39 is 0 Å². The molecule has 84 valence electrons. The summed E-state index contributed by atoms with van der Waals surface area (Å²) in [6.45, 7) is 5.00. The van der Waals surface area contributed by atoms with Crippen LogP contribution in [0.1, 0.15) is 43.1 Å². The molecule has 1 fully saturated rings. The summed E-state index contributed by atoms with van der Waals surface area (Å²) in [5, 5.41) is 4.59. The van der Waals surface area contributed by atoms with E-state index in [4.69, 9.17) is 5.73 Å². The van der Waals surface area contributed by atoms with Gasteiger partial charge < -0.3 is 5.73 Å². The van der Waals surface area contributed by atoms with Gasteiger partial charge in [0.25, 0.3) is 0 Å². The molecule has 1 saturated carbocycles. The summed E-state index contributed by atoms with van der Waals surface area (Å²) in [7, 11) is 0. The number of nitrogens with two attached hydrogens (primary N) is 1. The van der Waals surface area contributed by atoms with E-state index in [0.29, 0.717) is 12.0 Å². The molecule has 1 heterocycles. The van der Waals surface area contributed by atoms with Gasteiger partial charge in [-0.1, -0.05) is 12.8 Å². The van der Waals surface area contributed by atoms with Gasteiger partial charge in [0, 0.05) is 5.69 Å². The zero-order chi connectivity index (χ0) is 10.8. The van der Waals surface area contributed by atoms with Crippen molar-refractivity contribution in [3.63, 3.8) is 0 Å². The monoisotopic (exact) mass is 207 g/mol. The highest BCUT2D eigenvalue weighted by molar-refractivity contribution is 5.08. The third kappa shape index (κ3) is 2.07. The van der Waals surface area contributed by atoms with E-state index >= 15 is 0 Å². The second-order valence-electron chi connectivity index (χ2n) is 4.72. The van der Waals surface area contributed by atoms with Gasteiger partial charge in [0.15, 0.2) is 0 Å². The van der Waals surface area contributed by atoms with Gasteiger partial charge in [-0.2, -0.15) is 5.10 Å². The van der Waals surface area contributed by atoms with Crippen molar-refractivity contribution in [1.82, 2.24) is 9.78 Å². The van der Waals surface area contributed by atoms with Crippen LogP contribution < -0.4 is 5.73 Å². The summed E-state index contributed by atoms with van der Waals surface area (Å²) < 4.78 is 2.20. The van der Waals surface area contributed by atoms with Gasteiger partial charge in [-0.3, -0.25) is 4.68 Å². The number of rotatable bonds is 2. The predicted molar refractivity (Wildman–Crippen MR) is 61.8 cm³/mol. The Hall–Kier alpha value is -0.830. The highest BCUT2D eigenvalue weighted by Gasteiger charge is 2.26. The minimum atomic E-state index is 0.539. The summed E-state index contributed by atoms with van der Waals surface area (Å²) in [5.41, 5.74) is 8.24. The fourth-order valence-corrected chi connectivity index (χ4v) is 2.77. The highest BCUT2D eigenvalue weighted by atomic mass is 15.3. The standard InChI is InChI=1S/C12H21N3/c1-9-7-10(2)15(14-9)12-6-4-3-5-11(12)8-13/h7,11-12H,3-6,8,13H2,1-2H3. The molecule has 1 aliphatic rings. The summed E-state index contributed by atoms with van der Waals surface area (Å²) in [6, 6.07) is 2.69. The molecule has 0 bridgehead atoms. The Labute approximate surface area is 91.7 Å². The maximum atomic E-state index is 5.85. The Balaban J connectivity index is 2.23. The van der Waals surface area contributed by atoms with Gasteiger partial charge in [-0.05, 0) is 45.2 Å². The molecule has 0 radical (unpaired) electrons. The van der Waals surface area contributed by atoms with Crippen LogP contribution in [0.25, 0.3) is 0 Å². The molecule has 2 unspecified atom stereocenters. The Bertz CT molecular complexity index is 330. The lowest BCUT2D eigenvalue weighted by atomic mass is 9.84. The van der Waals surface area contributed by atoms with Crippen LogP contribution in [0.5, 0.6) is 0 Å². The largest absolute Gasteiger partial charge is 0.330 e. The number of aromatic nitrogens is 2. The molecule has 0 amide bonds. The SMILES string of the molecule is Cc1cc(C)n(C2CCCCC2CN)n1. The summed E-state index contributed by atoms with van der Waals surface area (Å²) in [6.07, 6.45) is 5.15. The van der Waals surface area contributed by atoms with Crippen LogP contribution in [0.3, 0.4) is 0 Å². The first kappa shape index (κ1) is 10.7. The van der Waals surface area contributed by atoms with Crippen molar-refractivity contribution in [3.05, 3.63) is 17.5 Å². The zero-order valence-corrected chi connectivity index (χ0v) is 9.74. The van der Waals surface area contributed by atoms with E-state index in [1.54, 1.807) is 0 Å². The Morgan fingerprint density at radius 3 is 2.73 bits per heavy atom. The number of nitrogens with zero attached hydrogens (tertiary/aromatic N) is 2. The molecule has 0 aliphatic heterocycles. The van der Waals surface area contributed by atoms with Gasteiger partial charge in [0.2, 0.25) is 0 Å². The highest BCUT2D eigenvalue weighted by Crippen LogP contribution is 2.33. The fraction of sp³-hybridized carbons (Fsp3) is 0.750. The Morgan fingerprint density at radius 1 is 1.40 bits per heavy atom. The molecule has 2 atom stereocenters. The molecule has 0 spiro atoms. The van der Waals surface area contributed by atoms with Crippen molar-refractivity contribution >= 4 is 0 Å². The fourth-order valence-electron chi connectivity index (χ4n) is 2.77. The smallest absolute Gasteiger partial charge is 0.0596 e.